The van der Waals surface area contributed by atoms with Gasteiger partial charge in [-0.3, -0.25) is 4.79 Å². The van der Waals surface area contributed by atoms with Crippen molar-refractivity contribution in [1.29, 1.82) is 0 Å². The summed E-state index contributed by atoms with van der Waals surface area (Å²) in [6, 6.07) is 15.4. The van der Waals surface area contributed by atoms with Crippen LogP contribution in [-0.2, 0) is 22.8 Å². The Hall–Kier alpha value is -1.93. The fraction of sp³-hybridized carbons (Fsp3) is 0.190. The van der Waals surface area contributed by atoms with E-state index in [2.05, 4.69) is 34.2 Å². The zero-order chi connectivity index (χ0) is 21.3. The number of nitrogens with one attached hydrogen (secondary N) is 1. The van der Waals surface area contributed by atoms with Gasteiger partial charge in [0.1, 0.15) is 5.82 Å². The van der Waals surface area contributed by atoms with E-state index in [4.69, 9.17) is 23.2 Å². The first-order valence-corrected chi connectivity index (χ1v) is 12.0. The molecule has 0 radical (unpaired) electrons. The molecule has 5 nitrogen and oxygen atoms in total. The van der Waals surface area contributed by atoms with Crippen molar-refractivity contribution in [2.24, 2.45) is 0 Å². The van der Waals surface area contributed by atoms with Gasteiger partial charge in [0.25, 0.3) is 0 Å². The number of halogens is 2. The fourth-order valence-electron chi connectivity index (χ4n) is 2.60. The first kappa shape index (κ1) is 22.7. The van der Waals surface area contributed by atoms with Crippen molar-refractivity contribution in [3.8, 4) is 0 Å². The smallest absolute Gasteiger partial charge is 0.234 e. The maximum atomic E-state index is 12.3. The van der Waals surface area contributed by atoms with E-state index in [1.165, 1.54) is 17.3 Å². The Labute approximate surface area is 194 Å². The lowest BCUT2D eigenvalue weighted by molar-refractivity contribution is -0.113. The molecule has 0 atom stereocenters. The Kier molecular flexibility index (Phi) is 8.69. The second kappa shape index (κ2) is 11.5. The highest BCUT2D eigenvalue weighted by Gasteiger charge is 2.15. The SMILES string of the molecule is C=CCn1c(CSCc2ccccc2)nnc1SCC(=O)Nc1cccc(Cl)c1Cl. The third-order valence-electron chi connectivity index (χ3n) is 4.01. The van der Waals surface area contributed by atoms with E-state index in [0.717, 1.165) is 17.3 Å². The van der Waals surface area contributed by atoms with Gasteiger partial charge in [-0.15, -0.1) is 28.5 Å². The third-order valence-corrected chi connectivity index (χ3v) is 6.79. The van der Waals surface area contributed by atoms with E-state index in [9.17, 15) is 4.79 Å². The van der Waals surface area contributed by atoms with Crippen molar-refractivity contribution in [2.75, 3.05) is 11.1 Å². The third kappa shape index (κ3) is 6.28. The number of anilines is 1. The molecule has 2 aromatic carbocycles. The molecule has 0 unspecified atom stereocenters. The van der Waals surface area contributed by atoms with E-state index in [-0.39, 0.29) is 11.7 Å². The zero-order valence-corrected chi connectivity index (χ0v) is 19.2. The maximum Gasteiger partial charge on any atom is 0.234 e. The fourth-order valence-corrected chi connectivity index (χ4v) is 4.64. The van der Waals surface area contributed by atoms with Crippen LogP contribution in [0.1, 0.15) is 11.4 Å². The van der Waals surface area contributed by atoms with Crippen LogP contribution in [0.3, 0.4) is 0 Å². The second-order valence-corrected chi connectivity index (χ2v) is 8.93. The summed E-state index contributed by atoms with van der Waals surface area (Å²) in [4.78, 5) is 12.3. The van der Waals surface area contributed by atoms with Gasteiger partial charge in [0.05, 0.1) is 27.2 Å². The minimum Gasteiger partial charge on any atom is -0.324 e. The molecule has 1 N–H and O–H groups in total. The van der Waals surface area contributed by atoms with Crippen molar-refractivity contribution >= 4 is 58.3 Å². The summed E-state index contributed by atoms with van der Waals surface area (Å²) in [5.41, 5.74) is 1.75. The number of hydrogen-bond acceptors (Lipinski definition) is 5. The van der Waals surface area contributed by atoms with E-state index < -0.39 is 0 Å². The van der Waals surface area contributed by atoms with E-state index >= 15 is 0 Å². The van der Waals surface area contributed by atoms with Crippen molar-refractivity contribution in [3.05, 3.63) is 82.6 Å². The molecule has 0 fully saturated rings. The normalized spacial score (nSPS) is 10.7. The molecule has 3 aromatic rings. The van der Waals surface area contributed by atoms with Crippen LogP contribution in [0.4, 0.5) is 5.69 Å². The first-order chi connectivity index (χ1) is 14.6. The van der Waals surface area contributed by atoms with E-state index in [1.807, 2.05) is 22.8 Å². The molecule has 9 heteroatoms. The van der Waals surface area contributed by atoms with Crippen molar-refractivity contribution in [2.45, 2.75) is 23.2 Å². The van der Waals surface area contributed by atoms with Gasteiger partial charge in [-0.2, -0.15) is 0 Å². The topological polar surface area (TPSA) is 59.8 Å². The molecule has 1 heterocycles. The quantitative estimate of drug-likeness (QED) is 0.288. The molecule has 30 heavy (non-hydrogen) atoms. The van der Waals surface area contributed by atoms with Gasteiger partial charge in [0.15, 0.2) is 5.16 Å². The summed E-state index contributed by atoms with van der Waals surface area (Å²) in [5.74, 6) is 2.46. The predicted octanol–water partition coefficient (Wildman–Crippen LogP) is 5.94. The number of amides is 1. The second-order valence-electron chi connectivity index (χ2n) is 6.21. The van der Waals surface area contributed by atoms with Gasteiger partial charge in [-0.05, 0) is 17.7 Å². The van der Waals surface area contributed by atoms with E-state index in [1.54, 1.807) is 36.0 Å². The number of thioether (sulfide) groups is 2. The Morgan fingerprint density at radius 3 is 2.67 bits per heavy atom. The average molecular weight is 479 g/mol. The molecule has 0 bridgehead atoms. The molecule has 0 aliphatic carbocycles. The largest absolute Gasteiger partial charge is 0.324 e. The Morgan fingerprint density at radius 1 is 1.10 bits per heavy atom. The number of carbonyl (C=O) groups is 1. The summed E-state index contributed by atoms with van der Waals surface area (Å²) < 4.78 is 1.98. The van der Waals surface area contributed by atoms with Crippen LogP contribution in [0.2, 0.25) is 10.0 Å². The molecule has 0 saturated carbocycles. The summed E-state index contributed by atoms with van der Waals surface area (Å²) in [6.07, 6.45) is 1.80. The number of rotatable bonds is 10. The van der Waals surface area contributed by atoms with Crippen LogP contribution < -0.4 is 5.32 Å². The lowest BCUT2D eigenvalue weighted by atomic mass is 10.2. The molecule has 1 amide bonds. The molecule has 0 spiro atoms. The molecule has 3 rings (SSSR count). The monoisotopic (exact) mass is 478 g/mol. The minimum absolute atomic E-state index is 0.176. The molecular weight excluding hydrogens is 459 g/mol. The summed E-state index contributed by atoms with van der Waals surface area (Å²) in [5, 5.41) is 12.7. The van der Waals surface area contributed by atoms with Crippen molar-refractivity contribution in [3.63, 3.8) is 0 Å². The van der Waals surface area contributed by atoms with Gasteiger partial charge in [0, 0.05) is 12.3 Å². The number of aromatic nitrogens is 3. The Bertz CT molecular complexity index is 1010. The number of nitrogens with zero attached hydrogens (tertiary/aromatic N) is 3. The van der Waals surface area contributed by atoms with Crippen LogP contribution in [0, 0.1) is 0 Å². The number of allylic oxidation sites excluding steroid dienone is 1. The number of hydrogen-bond donors (Lipinski definition) is 1. The van der Waals surface area contributed by atoms with Crippen LogP contribution in [0.5, 0.6) is 0 Å². The van der Waals surface area contributed by atoms with Gasteiger partial charge in [-0.25, -0.2) is 0 Å². The van der Waals surface area contributed by atoms with Crippen molar-refractivity contribution in [1.82, 2.24) is 14.8 Å². The molecule has 0 aliphatic heterocycles. The Morgan fingerprint density at radius 2 is 1.90 bits per heavy atom. The zero-order valence-electron chi connectivity index (χ0n) is 16.1. The van der Waals surface area contributed by atoms with E-state index in [0.29, 0.717) is 27.4 Å². The minimum atomic E-state index is -0.197. The summed E-state index contributed by atoms with van der Waals surface area (Å²) in [6.45, 7) is 4.40. The van der Waals surface area contributed by atoms with Gasteiger partial charge in [0.2, 0.25) is 5.91 Å². The molecule has 0 saturated heterocycles. The maximum absolute atomic E-state index is 12.3. The van der Waals surface area contributed by atoms with Gasteiger partial charge in [-0.1, -0.05) is 77.4 Å². The lowest BCUT2D eigenvalue weighted by Gasteiger charge is -2.09. The van der Waals surface area contributed by atoms with Crippen LogP contribution in [0.25, 0.3) is 0 Å². The highest BCUT2D eigenvalue weighted by Crippen LogP contribution is 2.30. The van der Waals surface area contributed by atoms with Crippen LogP contribution >= 0.6 is 46.7 Å². The highest BCUT2D eigenvalue weighted by atomic mass is 35.5. The highest BCUT2D eigenvalue weighted by molar-refractivity contribution is 7.99. The summed E-state index contributed by atoms with van der Waals surface area (Å²) >= 11 is 15.2. The predicted molar refractivity (Wildman–Crippen MR) is 127 cm³/mol. The van der Waals surface area contributed by atoms with Gasteiger partial charge < -0.3 is 9.88 Å². The molecular formula is C21H20Cl2N4OS2. The standard InChI is InChI=1S/C21H20Cl2N4OS2/c1-2-11-27-18(13-29-12-15-7-4-3-5-8-15)25-26-21(27)30-14-19(28)24-17-10-6-9-16(22)20(17)23/h2-10H,1,11-14H2,(H,24,28). The van der Waals surface area contributed by atoms with Gasteiger partial charge >= 0.3 is 0 Å². The number of benzene rings is 2. The van der Waals surface area contributed by atoms with Crippen LogP contribution in [0.15, 0.2) is 66.3 Å². The number of carbonyl (C=O) groups excluding carboxylic acids is 1. The first-order valence-electron chi connectivity index (χ1n) is 9.09. The molecule has 0 aliphatic rings. The molecule has 156 valence electrons. The Balaban J connectivity index is 1.58. The summed E-state index contributed by atoms with van der Waals surface area (Å²) in [7, 11) is 0. The molecule has 1 aromatic heterocycles. The lowest BCUT2D eigenvalue weighted by Crippen LogP contribution is -2.15. The van der Waals surface area contributed by atoms with Crippen LogP contribution in [-0.4, -0.2) is 26.4 Å². The average Bonchev–Trinajstić information content (AvgIpc) is 3.13. The van der Waals surface area contributed by atoms with Crippen molar-refractivity contribution < 1.29 is 4.79 Å².